The van der Waals surface area contributed by atoms with Crippen molar-refractivity contribution in [1.82, 2.24) is 10.3 Å². The number of nitrogens with one attached hydrogen (secondary N) is 1. The van der Waals surface area contributed by atoms with E-state index in [2.05, 4.69) is 41.5 Å². The SMILES string of the molecule is CCCNC(CC1CCCO1)c1cnc2ccccc2c1. The van der Waals surface area contributed by atoms with Crippen LogP contribution in [0.15, 0.2) is 36.5 Å². The zero-order chi connectivity index (χ0) is 14.5. The van der Waals surface area contributed by atoms with Gasteiger partial charge in [0.25, 0.3) is 0 Å². The topological polar surface area (TPSA) is 34.1 Å². The second-order valence-electron chi connectivity index (χ2n) is 5.84. The number of pyridine rings is 1. The Kier molecular flexibility index (Phi) is 4.84. The van der Waals surface area contributed by atoms with Crippen LogP contribution in [0.2, 0.25) is 0 Å². The third-order valence-corrected chi connectivity index (χ3v) is 4.18. The van der Waals surface area contributed by atoms with E-state index in [-0.39, 0.29) is 0 Å². The molecule has 0 amide bonds. The third-order valence-electron chi connectivity index (χ3n) is 4.18. The highest BCUT2D eigenvalue weighted by Crippen LogP contribution is 2.26. The maximum Gasteiger partial charge on any atom is 0.0702 e. The molecule has 2 unspecified atom stereocenters. The predicted octanol–water partition coefficient (Wildman–Crippen LogP) is 3.84. The number of aromatic nitrogens is 1. The van der Waals surface area contributed by atoms with E-state index in [0.29, 0.717) is 12.1 Å². The van der Waals surface area contributed by atoms with Crippen LogP contribution in [0.25, 0.3) is 10.9 Å². The lowest BCUT2D eigenvalue weighted by Gasteiger charge is -2.22. The number of benzene rings is 1. The zero-order valence-corrected chi connectivity index (χ0v) is 12.7. The fraction of sp³-hybridized carbons (Fsp3) is 0.500. The fourth-order valence-corrected chi connectivity index (χ4v) is 3.03. The molecule has 3 heteroatoms. The van der Waals surface area contributed by atoms with Gasteiger partial charge >= 0.3 is 0 Å². The van der Waals surface area contributed by atoms with E-state index in [0.717, 1.165) is 31.5 Å². The van der Waals surface area contributed by atoms with E-state index in [9.17, 15) is 0 Å². The lowest BCUT2D eigenvalue weighted by Crippen LogP contribution is -2.26. The van der Waals surface area contributed by atoms with E-state index < -0.39 is 0 Å². The molecule has 112 valence electrons. The van der Waals surface area contributed by atoms with Crippen LogP contribution in [0.3, 0.4) is 0 Å². The smallest absolute Gasteiger partial charge is 0.0702 e. The van der Waals surface area contributed by atoms with Crippen molar-refractivity contribution >= 4 is 10.9 Å². The van der Waals surface area contributed by atoms with Gasteiger partial charge in [-0.15, -0.1) is 0 Å². The highest BCUT2D eigenvalue weighted by atomic mass is 16.5. The number of para-hydroxylation sites is 1. The molecule has 2 atom stereocenters. The van der Waals surface area contributed by atoms with E-state index in [4.69, 9.17) is 4.74 Å². The molecule has 1 aliphatic heterocycles. The molecule has 2 heterocycles. The molecule has 21 heavy (non-hydrogen) atoms. The summed E-state index contributed by atoms with van der Waals surface area (Å²) in [7, 11) is 0. The van der Waals surface area contributed by atoms with E-state index in [1.54, 1.807) is 0 Å². The van der Waals surface area contributed by atoms with Gasteiger partial charge in [0, 0.05) is 24.2 Å². The summed E-state index contributed by atoms with van der Waals surface area (Å²) in [6, 6.07) is 10.9. The average molecular weight is 284 g/mol. The number of hydrogen-bond acceptors (Lipinski definition) is 3. The van der Waals surface area contributed by atoms with Crippen LogP contribution in [0.1, 0.15) is 44.2 Å². The average Bonchev–Trinajstić information content (AvgIpc) is 3.04. The number of ether oxygens (including phenoxy) is 1. The summed E-state index contributed by atoms with van der Waals surface area (Å²) in [5, 5.41) is 4.87. The van der Waals surface area contributed by atoms with Crippen LogP contribution in [-0.2, 0) is 4.74 Å². The monoisotopic (exact) mass is 284 g/mol. The molecular formula is C18H24N2O. The van der Waals surface area contributed by atoms with Crippen molar-refractivity contribution in [2.75, 3.05) is 13.2 Å². The number of hydrogen-bond donors (Lipinski definition) is 1. The van der Waals surface area contributed by atoms with Gasteiger partial charge in [-0.25, -0.2) is 0 Å². The minimum absolute atomic E-state index is 0.338. The fourth-order valence-electron chi connectivity index (χ4n) is 3.03. The first-order chi connectivity index (χ1) is 10.4. The first-order valence-corrected chi connectivity index (χ1v) is 8.06. The van der Waals surface area contributed by atoms with Crippen molar-refractivity contribution in [1.29, 1.82) is 0 Å². The van der Waals surface area contributed by atoms with Crippen molar-refractivity contribution in [3.8, 4) is 0 Å². The summed E-state index contributed by atoms with van der Waals surface area (Å²) in [5.41, 5.74) is 2.34. The van der Waals surface area contributed by atoms with Gasteiger partial charge in [-0.1, -0.05) is 25.1 Å². The van der Waals surface area contributed by atoms with Crippen LogP contribution in [-0.4, -0.2) is 24.2 Å². The minimum Gasteiger partial charge on any atom is -0.378 e. The molecule has 3 rings (SSSR count). The Morgan fingerprint density at radius 1 is 1.38 bits per heavy atom. The minimum atomic E-state index is 0.338. The number of rotatable bonds is 6. The lowest BCUT2D eigenvalue weighted by atomic mass is 9.99. The summed E-state index contributed by atoms with van der Waals surface area (Å²) in [5.74, 6) is 0. The third kappa shape index (κ3) is 3.60. The van der Waals surface area contributed by atoms with Crippen molar-refractivity contribution in [3.63, 3.8) is 0 Å². The van der Waals surface area contributed by atoms with Crippen LogP contribution in [0, 0.1) is 0 Å². The lowest BCUT2D eigenvalue weighted by molar-refractivity contribution is 0.0945. The Bertz CT molecular complexity index is 578. The van der Waals surface area contributed by atoms with Gasteiger partial charge in [0.2, 0.25) is 0 Å². The summed E-state index contributed by atoms with van der Waals surface area (Å²) in [6.45, 7) is 4.15. The molecular weight excluding hydrogens is 260 g/mol. The summed E-state index contributed by atoms with van der Waals surface area (Å²) in [6.07, 6.45) is 6.98. The molecule has 3 nitrogen and oxygen atoms in total. The van der Waals surface area contributed by atoms with Crippen LogP contribution in [0.5, 0.6) is 0 Å². The molecule has 1 fully saturated rings. The molecule has 0 radical (unpaired) electrons. The van der Waals surface area contributed by atoms with Gasteiger partial charge in [-0.2, -0.15) is 0 Å². The Morgan fingerprint density at radius 3 is 3.10 bits per heavy atom. The summed E-state index contributed by atoms with van der Waals surface area (Å²) < 4.78 is 5.81. The van der Waals surface area contributed by atoms with Crippen LogP contribution < -0.4 is 5.32 Å². The Morgan fingerprint density at radius 2 is 2.29 bits per heavy atom. The largest absolute Gasteiger partial charge is 0.378 e. The Hall–Kier alpha value is -1.45. The first-order valence-electron chi connectivity index (χ1n) is 8.06. The van der Waals surface area contributed by atoms with Crippen molar-refractivity contribution < 1.29 is 4.74 Å². The molecule has 0 saturated carbocycles. The molecule has 1 aromatic heterocycles. The van der Waals surface area contributed by atoms with Gasteiger partial charge in [0.05, 0.1) is 11.6 Å². The van der Waals surface area contributed by atoms with Gasteiger partial charge in [0.1, 0.15) is 0 Å². The van der Waals surface area contributed by atoms with Gasteiger partial charge in [-0.3, -0.25) is 4.98 Å². The normalized spacial score (nSPS) is 20.0. The number of fused-ring (bicyclic) bond motifs is 1. The van der Waals surface area contributed by atoms with Crippen LogP contribution in [0.4, 0.5) is 0 Å². The first kappa shape index (κ1) is 14.5. The van der Waals surface area contributed by atoms with Crippen molar-refractivity contribution in [3.05, 3.63) is 42.1 Å². The molecule has 0 spiro atoms. The van der Waals surface area contributed by atoms with Gasteiger partial charge in [0.15, 0.2) is 0 Å². The van der Waals surface area contributed by atoms with Gasteiger partial charge in [-0.05, 0) is 49.9 Å². The predicted molar refractivity (Wildman–Crippen MR) is 86.4 cm³/mol. The zero-order valence-electron chi connectivity index (χ0n) is 12.7. The molecule has 1 saturated heterocycles. The molecule has 0 bridgehead atoms. The van der Waals surface area contributed by atoms with Crippen molar-refractivity contribution in [2.45, 2.75) is 44.8 Å². The molecule has 2 aromatic rings. The van der Waals surface area contributed by atoms with Gasteiger partial charge < -0.3 is 10.1 Å². The molecule has 1 aliphatic rings. The van der Waals surface area contributed by atoms with E-state index >= 15 is 0 Å². The Balaban J connectivity index is 1.81. The standard InChI is InChI=1S/C18H24N2O/c1-2-9-19-18(12-16-7-5-10-21-16)15-11-14-6-3-4-8-17(14)20-13-15/h3-4,6,8,11,13,16,18-19H,2,5,7,9-10,12H2,1H3. The maximum atomic E-state index is 5.81. The Labute approximate surface area is 126 Å². The molecule has 1 aromatic carbocycles. The maximum absolute atomic E-state index is 5.81. The quantitative estimate of drug-likeness (QED) is 0.875. The van der Waals surface area contributed by atoms with E-state index in [1.807, 2.05) is 12.3 Å². The summed E-state index contributed by atoms with van der Waals surface area (Å²) in [4.78, 5) is 4.60. The van der Waals surface area contributed by atoms with Crippen LogP contribution >= 0.6 is 0 Å². The van der Waals surface area contributed by atoms with E-state index in [1.165, 1.54) is 23.8 Å². The second-order valence-corrected chi connectivity index (χ2v) is 5.84. The number of nitrogens with zero attached hydrogens (tertiary/aromatic N) is 1. The highest BCUT2D eigenvalue weighted by Gasteiger charge is 2.22. The molecule has 1 N–H and O–H groups in total. The highest BCUT2D eigenvalue weighted by molar-refractivity contribution is 5.78. The van der Waals surface area contributed by atoms with Crippen molar-refractivity contribution in [2.24, 2.45) is 0 Å². The second kappa shape index (κ2) is 7.01. The molecule has 0 aliphatic carbocycles. The summed E-state index contributed by atoms with van der Waals surface area (Å²) >= 11 is 0.